The predicted octanol–water partition coefficient (Wildman–Crippen LogP) is 2.69. The third-order valence-electron chi connectivity index (χ3n) is 3.57. The quantitative estimate of drug-likeness (QED) is 0.926. The lowest BCUT2D eigenvalue weighted by Gasteiger charge is -2.13. The molecule has 17 heavy (non-hydrogen) atoms. The van der Waals surface area contributed by atoms with Crippen molar-refractivity contribution in [3.63, 3.8) is 0 Å². The molecule has 0 atom stereocenters. The van der Waals surface area contributed by atoms with E-state index < -0.39 is 0 Å². The van der Waals surface area contributed by atoms with Crippen LogP contribution in [-0.4, -0.2) is 16.5 Å². The highest BCUT2D eigenvalue weighted by Crippen LogP contribution is 2.46. The maximum atomic E-state index is 5.84. The number of benzene rings is 1. The number of nitrogens with zero attached hydrogens (tertiary/aromatic N) is 2. The molecule has 1 fully saturated rings. The topological polar surface area (TPSA) is 51.8 Å². The van der Waals surface area contributed by atoms with Crippen molar-refractivity contribution in [2.45, 2.75) is 25.2 Å². The van der Waals surface area contributed by atoms with E-state index in [1.807, 2.05) is 25.1 Å². The monoisotopic (exact) mass is 291 g/mol. The molecule has 1 saturated carbocycles. The van der Waals surface area contributed by atoms with Crippen molar-refractivity contribution in [3.05, 3.63) is 34.2 Å². The van der Waals surface area contributed by atoms with Crippen molar-refractivity contribution in [3.8, 4) is 0 Å². The SMILES string of the molecule is Cc1nc(C2(CN)CC2)nc2cccc(Br)c12. The summed E-state index contributed by atoms with van der Waals surface area (Å²) in [4.78, 5) is 9.33. The zero-order valence-electron chi connectivity index (χ0n) is 9.70. The predicted molar refractivity (Wildman–Crippen MR) is 71.9 cm³/mol. The fraction of sp³-hybridized carbons (Fsp3) is 0.385. The van der Waals surface area contributed by atoms with Crippen LogP contribution in [0.4, 0.5) is 0 Å². The molecule has 0 aliphatic heterocycles. The average Bonchev–Trinajstić information content (AvgIpc) is 3.09. The summed E-state index contributed by atoms with van der Waals surface area (Å²) in [7, 11) is 0. The van der Waals surface area contributed by atoms with E-state index in [9.17, 15) is 0 Å². The zero-order chi connectivity index (χ0) is 12.0. The molecule has 1 heterocycles. The number of nitrogens with two attached hydrogens (primary N) is 1. The summed E-state index contributed by atoms with van der Waals surface area (Å²) in [5, 5.41) is 1.10. The normalized spacial score (nSPS) is 17.4. The van der Waals surface area contributed by atoms with Gasteiger partial charge in [-0.15, -0.1) is 0 Å². The minimum absolute atomic E-state index is 0.0568. The van der Waals surface area contributed by atoms with Gasteiger partial charge in [0.05, 0.1) is 5.52 Å². The van der Waals surface area contributed by atoms with Crippen LogP contribution in [0.15, 0.2) is 22.7 Å². The Morgan fingerprint density at radius 2 is 2.12 bits per heavy atom. The van der Waals surface area contributed by atoms with Gasteiger partial charge >= 0.3 is 0 Å². The van der Waals surface area contributed by atoms with Crippen LogP contribution in [-0.2, 0) is 5.41 Å². The van der Waals surface area contributed by atoms with Gasteiger partial charge in [-0.25, -0.2) is 9.97 Å². The van der Waals surface area contributed by atoms with E-state index in [-0.39, 0.29) is 5.41 Å². The molecule has 88 valence electrons. The maximum absolute atomic E-state index is 5.84. The number of fused-ring (bicyclic) bond motifs is 1. The van der Waals surface area contributed by atoms with Crippen LogP contribution in [0.25, 0.3) is 10.9 Å². The van der Waals surface area contributed by atoms with Gasteiger partial charge in [0.2, 0.25) is 0 Å². The van der Waals surface area contributed by atoms with Gasteiger partial charge in [0.25, 0.3) is 0 Å². The molecule has 1 aromatic heterocycles. The van der Waals surface area contributed by atoms with Gasteiger partial charge in [-0.05, 0) is 31.9 Å². The lowest BCUT2D eigenvalue weighted by atomic mass is 10.1. The second-order valence-corrected chi connectivity index (χ2v) is 5.61. The summed E-state index contributed by atoms with van der Waals surface area (Å²) < 4.78 is 1.05. The summed E-state index contributed by atoms with van der Waals surface area (Å²) in [6.45, 7) is 2.68. The Bertz CT molecular complexity index is 590. The van der Waals surface area contributed by atoms with Crippen molar-refractivity contribution in [2.75, 3.05) is 6.54 Å². The minimum atomic E-state index is 0.0568. The smallest absolute Gasteiger partial charge is 0.136 e. The van der Waals surface area contributed by atoms with Gasteiger partial charge in [-0.2, -0.15) is 0 Å². The largest absolute Gasteiger partial charge is 0.329 e. The molecule has 0 saturated heterocycles. The molecule has 4 heteroatoms. The first kappa shape index (κ1) is 11.1. The van der Waals surface area contributed by atoms with Crippen LogP contribution in [0.2, 0.25) is 0 Å². The Morgan fingerprint density at radius 3 is 2.76 bits per heavy atom. The summed E-state index contributed by atoms with van der Waals surface area (Å²) in [5.41, 5.74) is 7.92. The van der Waals surface area contributed by atoms with Crippen molar-refractivity contribution >= 4 is 26.8 Å². The Hall–Kier alpha value is -1.000. The van der Waals surface area contributed by atoms with Crippen LogP contribution in [0.3, 0.4) is 0 Å². The summed E-state index contributed by atoms with van der Waals surface area (Å²) in [5.74, 6) is 0.920. The van der Waals surface area contributed by atoms with E-state index in [1.54, 1.807) is 0 Å². The number of aryl methyl sites for hydroxylation is 1. The van der Waals surface area contributed by atoms with E-state index in [0.717, 1.165) is 39.7 Å². The average molecular weight is 292 g/mol. The van der Waals surface area contributed by atoms with Gasteiger partial charge in [0.1, 0.15) is 5.82 Å². The molecule has 0 bridgehead atoms. The Morgan fingerprint density at radius 1 is 1.35 bits per heavy atom. The number of hydrogen-bond acceptors (Lipinski definition) is 3. The second-order valence-electron chi connectivity index (χ2n) is 4.75. The highest BCUT2D eigenvalue weighted by molar-refractivity contribution is 9.10. The first-order valence-electron chi connectivity index (χ1n) is 5.80. The molecule has 2 aromatic rings. The first-order chi connectivity index (χ1) is 8.16. The molecule has 3 nitrogen and oxygen atoms in total. The van der Waals surface area contributed by atoms with Crippen LogP contribution in [0, 0.1) is 6.92 Å². The van der Waals surface area contributed by atoms with Gasteiger partial charge in [0, 0.05) is 27.5 Å². The number of aromatic nitrogens is 2. The third-order valence-corrected chi connectivity index (χ3v) is 4.23. The molecule has 0 radical (unpaired) electrons. The molecule has 1 aliphatic carbocycles. The first-order valence-corrected chi connectivity index (χ1v) is 6.59. The second kappa shape index (κ2) is 3.75. The van der Waals surface area contributed by atoms with E-state index in [0.29, 0.717) is 6.54 Å². The number of hydrogen-bond donors (Lipinski definition) is 1. The Kier molecular flexibility index (Phi) is 2.45. The van der Waals surface area contributed by atoms with Crippen LogP contribution in [0.1, 0.15) is 24.4 Å². The van der Waals surface area contributed by atoms with Gasteiger partial charge in [0.15, 0.2) is 0 Å². The fourth-order valence-corrected chi connectivity index (χ4v) is 2.87. The minimum Gasteiger partial charge on any atom is -0.329 e. The van der Waals surface area contributed by atoms with E-state index in [2.05, 4.69) is 25.9 Å². The summed E-state index contributed by atoms with van der Waals surface area (Å²) in [6.07, 6.45) is 2.23. The van der Waals surface area contributed by atoms with Crippen molar-refractivity contribution in [1.82, 2.24) is 9.97 Å². The standard InChI is InChI=1S/C13H14BrN3/c1-8-11-9(14)3-2-4-10(11)17-12(16-8)13(7-15)5-6-13/h2-4H,5-7,15H2,1H3. The molecule has 3 rings (SSSR count). The molecule has 0 amide bonds. The molecule has 0 spiro atoms. The van der Waals surface area contributed by atoms with Crippen molar-refractivity contribution < 1.29 is 0 Å². The molecule has 2 N–H and O–H groups in total. The summed E-state index contributed by atoms with van der Waals surface area (Å²) in [6, 6.07) is 6.06. The highest BCUT2D eigenvalue weighted by Gasteiger charge is 2.46. The highest BCUT2D eigenvalue weighted by atomic mass is 79.9. The molecule has 0 unspecified atom stereocenters. The zero-order valence-corrected chi connectivity index (χ0v) is 11.3. The molecular weight excluding hydrogens is 278 g/mol. The molecular formula is C13H14BrN3. The van der Waals surface area contributed by atoms with E-state index in [1.165, 1.54) is 0 Å². The maximum Gasteiger partial charge on any atom is 0.136 e. The molecule has 1 aliphatic rings. The van der Waals surface area contributed by atoms with E-state index >= 15 is 0 Å². The number of rotatable bonds is 2. The van der Waals surface area contributed by atoms with Gasteiger partial charge in [-0.3, -0.25) is 0 Å². The Balaban J connectivity index is 2.25. The fourth-order valence-electron chi connectivity index (χ4n) is 2.23. The molecule has 1 aromatic carbocycles. The van der Waals surface area contributed by atoms with Gasteiger partial charge in [-0.1, -0.05) is 22.0 Å². The van der Waals surface area contributed by atoms with Crippen molar-refractivity contribution in [2.24, 2.45) is 5.73 Å². The van der Waals surface area contributed by atoms with Crippen LogP contribution >= 0.6 is 15.9 Å². The van der Waals surface area contributed by atoms with Gasteiger partial charge < -0.3 is 5.73 Å². The van der Waals surface area contributed by atoms with Crippen LogP contribution in [0.5, 0.6) is 0 Å². The van der Waals surface area contributed by atoms with Crippen LogP contribution < -0.4 is 5.73 Å². The lowest BCUT2D eigenvalue weighted by molar-refractivity contribution is 0.650. The Labute approximate surface area is 109 Å². The van der Waals surface area contributed by atoms with Crippen molar-refractivity contribution in [1.29, 1.82) is 0 Å². The third kappa shape index (κ3) is 1.67. The van der Waals surface area contributed by atoms with E-state index in [4.69, 9.17) is 5.73 Å². The summed E-state index contributed by atoms with van der Waals surface area (Å²) >= 11 is 3.55. The lowest BCUT2D eigenvalue weighted by Crippen LogP contribution is -2.23. The number of halogens is 1.